The summed E-state index contributed by atoms with van der Waals surface area (Å²) in [4.78, 5) is 50.5. The molecular formula is C15H16BrN3O4. The zero-order valence-electron chi connectivity index (χ0n) is 12.8. The van der Waals surface area contributed by atoms with E-state index in [1.165, 1.54) is 4.90 Å². The minimum absolute atomic E-state index is 0.0981. The fraction of sp³-hybridized carbons (Fsp3) is 0.333. The summed E-state index contributed by atoms with van der Waals surface area (Å²) in [6.07, 6.45) is 0. The number of halogens is 1. The van der Waals surface area contributed by atoms with Gasteiger partial charge >= 0.3 is 17.8 Å². The summed E-state index contributed by atoms with van der Waals surface area (Å²) in [5, 5.41) is 0. The highest BCUT2D eigenvalue weighted by molar-refractivity contribution is 9.10. The number of amides is 5. The van der Waals surface area contributed by atoms with Crippen LogP contribution in [0.4, 0.5) is 4.79 Å². The number of rotatable bonds is 5. The van der Waals surface area contributed by atoms with Gasteiger partial charge in [0.2, 0.25) is 5.91 Å². The second kappa shape index (κ2) is 6.91. The van der Waals surface area contributed by atoms with E-state index < -0.39 is 30.3 Å². The van der Waals surface area contributed by atoms with E-state index in [1.807, 2.05) is 24.3 Å². The highest BCUT2D eigenvalue weighted by Crippen LogP contribution is 2.18. The van der Waals surface area contributed by atoms with E-state index in [-0.39, 0.29) is 6.54 Å². The normalized spacial score (nSPS) is 14.7. The van der Waals surface area contributed by atoms with E-state index in [4.69, 9.17) is 0 Å². The van der Waals surface area contributed by atoms with Gasteiger partial charge in [0.15, 0.2) is 0 Å². The summed E-state index contributed by atoms with van der Waals surface area (Å²) < 4.78 is 0.861. The molecule has 1 aromatic carbocycles. The maximum Gasteiger partial charge on any atom is 0.334 e. The van der Waals surface area contributed by atoms with Gasteiger partial charge in [0.1, 0.15) is 6.54 Å². The molecule has 8 heteroatoms. The van der Waals surface area contributed by atoms with Gasteiger partial charge in [-0.1, -0.05) is 34.1 Å². The van der Waals surface area contributed by atoms with Gasteiger partial charge < -0.3 is 4.90 Å². The van der Waals surface area contributed by atoms with Crippen LogP contribution in [0.25, 0.3) is 0 Å². The largest absolute Gasteiger partial charge is 0.340 e. The van der Waals surface area contributed by atoms with Gasteiger partial charge in [0.05, 0.1) is 0 Å². The highest BCUT2D eigenvalue weighted by Gasteiger charge is 2.44. The molecule has 0 saturated carbocycles. The van der Waals surface area contributed by atoms with Crippen LogP contribution >= 0.6 is 15.9 Å². The molecule has 0 unspecified atom stereocenters. The van der Waals surface area contributed by atoms with Gasteiger partial charge in [-0.3, -0.25) is 19.3 Å². The summed E-state index contributed by atoms with van der Waals surface area (Å²) in [7, 11) is 1.58. The Morgan fingerprint density at radius 3 is 2.30 bits per heavy atom. The number of urea groups is 1. The third-order valence-electron chi connectivity index (χ3n) is 3.54. The monoisotopic (exact) mass is 381 g/mol. The summed E-state index contributed by atoms with van der Waals surface area (Å²) in [5.41, 5.74) is 0.897. The van der Waals surface area contributed by atoms with Gasteiger partial charge in [0.25, 0.3) is 0 Å². The Morgan fingerprint density at radius 2 is 1.74 bits per heavy atom. The first-order chi connectivity index (χ1) is 10.9. The molecular weight excluding hydrogens is 366 g/mol. The molecule has 1 saturated heterocycles. The Morgan fingerprint density at radius 1 is 1.13 bits per heavy atom. The lowest BCUT2D eigenvalue weighted by Crippen LogP contribution is -2.42. The smallest absolute Gasteiger partial charge is 0.334 e. The number of imide groups is 2. The topological polar surface area (TPSA) is 78.0 Å². The number of benzene rings is 1. The molecule has 0 N–H and O–H groups in total. The van der Waals surface area contributed by atoms with Gasteiger partial charge in [0, 0.05) is 24.6 Å². The predicted octanol–water partition coefficient (Wildman–Crippen LogP) is 1.22. The van der Waals surface area contributed by atoms with Gasteiger partial charge in [-0.25, -0.2) is 9.69 Å². The molecule has 1 heterocycles. The van der Waals surface area contributed by atoms with Crippen molar-refractivity contribution in [1.29, 1.82) is 0 Å². The maximum atomic E-state index is 12.2. The Hall–Kier alpha value is -2.22. The van der Waals surface area contributed by atoms with Gasteiger partial charge in [-0.15, -0.1) is 0 Å². The molecule has 1 aromatic rings. The third kappa shape index (κ3) is 3.42. The van der Waals surface area contributed by atoms with E-state index in [2.05, 4.69) is 15.9 Å². The molecule has 122 valence electrons. The summed E-state index contributed by atoms with van der Waals surface area (Å²) >= 11 is 3.40. The average molecular weight is 382 g/mol. The molecule has 5 amide bonds. The second-order valence-electron chi connectivity index (χ2n) is 5.06. The molecule has 1 aliphatic heterocycles. The number of likely N-dealkylation sites (N-methyl/N-ethyl adjacent to an activating group) is 2. The van der Waals surface area contributed by atoms with Crippen molar-refractivity contribution >= 4 is 39.7 Å². The molecule has 2 rings (SSSR count). The second-order valence-corrected chi connectivity index (χ2v) is 5.92. The van der Waals surface area contributed by atoms with Crippen LogP contribution in [-0.2, 0) is 20.9 Å². The summed E-state index contributed by atoms with van der Waals surface area (Å²) in [6.45, 7) is 1.57. The van der Waals surface area contributed by atoms with Crippen LogP contribution in [0.3, 0.4) is 0 Å². The lowest BCUT2D eigenvalue weighted by molar-refractivity contribution is -0.144. The van der Waals surface area contributed by atoms with Crippen molar-refractivity contribution in [3.05, 3.63) is 34.3 Å². The van der Waals surface area contributed by atoms with Crippen LogP contribution in [0.5, 0.6) is 0 Å². The van der Waals surface area contributed by atoms with Crippen LogP contribution in [-0.4, -0.2) is 58.6 Å². The molecule has 1 fully saturated rings. The maximum absolute atomic E-state index is 12.2. The minimum atomic E-state index is -0.959. The van der Waals surface area contributed by atoms with Crippen molar-refractivity contribution < 1.29 is 19.2 Å². The highest BCUT2D eigenvalue weighted by atomic mass is 79.9. The lowest BCUT2D eigenvalue weighted by Gasteiger charge is -2.21. The fourth-order valence-corrected chi connectivity index (χ4v) is 2.61. The van der Waals surface area contributed by atoms with Crippen LogP contribution in [0.1, 0.15) is 12.5 Å². The summed E-state index contributed by atoms with van der Waals surface area (Å²) in [5.74, 6) is -2.27. The van der Waals surface area contributed by atoms with Crippen LogP contribution < -0.4 is 0 Å². The van der Waals surface area contributed by atoms with Crippen molar-refractivity contribution in [3.8, 4) is 0 Å². The molecule has 0 spiro atoms. The van der Waals surface area contributed by atoms with E-state index in [1.54, 1.807) is 14.0 Å². The number of hydrogen-bond acceptors (Lipinski definition) is 4. The first-order valence-corrected chi connectivity index (χ1v) is 7.80. The zero-order chi connectivity index (χ0) is 17.1. The van der Waals surface area contributed by atoms with Gasteiger partial charge in [-0.2, -0.15) is 0 Å². The number of hydrogen-bond donors (Lipinski definition) is 0. The van der Waals surface area contributed by atoms with Crippen molar-refractivity contribution in [3.63, 3.8) is 0 Å². The molecule has 23 heavy (non-hydrogen) atoms. The third-order valence-corrected chi connectivity index (χ3v) is 4.31. The molecule has 0 radical (unpaired) electrons. The molecule has 1 aliphatic rings. The predicted molar refractivity (Wildman–Crippen MR) is 85.1 cm³/mol. The van der Waals surface area contributed by atoms with Gasteiger partial charge in [-0.05, 0) is 18.6 Å². The lowest BCUT2D eigenvalue weighted by atomic mass is 10.2. The molecule has 7 nitrogen and oxygen atoms in total. The molecule has 0 atom stereocenters. The average Bonchev–Trinajstić information content (AvgIpc) is 2.72. The SMILES string of the molecule is CCN1C(=O)C(=O)N(CC(=O)N(C)Cc2ccccc2Br)C1=O. The van der Waals surface area contributed by atoms with Crippen molar-refractivity contribution in [1.82, 2.24) is 14.7 Å². The minimum Gasteiger partial charge on any atom is -0.340 e. The number of nitrogens with zero attached hydrogens (tertiary/aromatic N) is 3. The molecule has 0 aromatic heterocycles. The Balaban J connectivity index is 2.04. The van der Waals surface area contributed by atoms with E-state index in [0.29, 0.717) is 11.4 Å². The summed E-state index contributed by atoms with van der Waals surface area (Å²) in [6, 6.07) is 6.69. The Labute approximate surface area is 142 Å². The van der Waals surface area contributed by atoms with E-state index in [9.17, 15) is 19.2 Å². The Kier molecular flexibility index (Phi) is 5.15. The van der Waals surface area contributed by atoms with Crippen LogP contribution in [0.2, 0.25) is 0 Å². The molecule has 0 bridgehead atoms. The van der Waals surface area contributed by atoms with Crippen LogP contribution in [0, 0.1) is 0 Å². The number of carbonyl (C=O) groups is 4. The van der Waals surface area contributed by atoms with Crippen molar-refractivity contribution in [2.45, 2.75) is 13.5 Å². The molecule has 0 aliphatic carbocycles. The van der Waals surface area contributed by atoms with Crippen molar-refractivity contribution in [2.24, 2.45) is 0 Å². The first-order valence-electron chi connectivity index (χ1n) is 7.01. The van der Waals surface area contributed by atoms with E-state index >= 15 is 0 Å². The standard InChI is InChI=1S/C15H16BrN3O4/c1-3-18-13(21)14(22)19(15(18)23)9-12(20)17(2)8-10-6-4-5-7-11(10)16/h4-7H,3,8-9H2,1-2H3. The zero-order valence-corrected chi connectivity index (χ0v) is 14.4. The number of carbonyl (C=O) groups excluding carboxylic acids is 4. The fourth-order valence-electron chi connectivity index (χ4n) is 2.19. The van der Waals surface area contributed by atoms with Crippen molar-refractivity contribution in [2.75, 3.05) is 20.1 Å². The van der Waals surface area contributed by atoms with Crippen LogP contribution in [0.15, 0.2) is 28.7 Å². The first kappa shape index (κ1) is 17.1. The Bertz CT molecular complexity index is 676. The quantitative estimate of drug-likeness (QED) is 0.567. The van der Waals surface area contributed by atoms with E-state index in [0.717, 1.165) is 14.9 Å².